The molecule has 1 aromatic rings. The van der Waals surface area contributed by atoms with Crippen LogP contribution in [0.25, 0.3) is 0 Å². The van der Waals surface area contributed by atoms with Gasteiger partial charge in [0.2, 0.25) is 6.10 Å². The molecule has 1 atom stereocenters. The largest absolute Gasteiger partial charge is 0.485 e. The molecule has 2 heterocycles. The molecule has 1 saturated heterocycles. The third-order valence-corrected chi connectivity index (χ3v) is 4.28. The highest BCUT2D eigenvalue weighted by molar-refractivity contribution is 5.85. The lowest BCUT2D eigenvalue weighted by Crippen LogP contribution is -2.53. The number of piperidine rings is 1. The van der Waals surface area contributed by atoms with Crippen LogP contribution in [0.4, 0.5) is 0 Å². The minimum atomic E-state index is -0.531. The van der Waals surface area contributed by atoms with Crippen molar-refractivity contribution in [2.24, 2.45) is 0 Å². The number of ether oxygens (including phenoxy) is 2. The van der Waals surface area contributed by atoms with Crippen molar-refractivity contribution >= 4 is 18.3 Å². The Balaban J connectivity index is 0.00000192. The molecule has 6 heteroatoms. The lowest BCUT2D eigenvalue weighted by molar-refractivity contribution is -0.144. The van der Waals surface area contributed by atoms with Gasteiger partial charge in [-0.1, -0.05) is 19.1 Å². The minimum Gasteiger partial charge on any atom is -0.485 e. The lowest BCUT2D eigenvalue weighted by atomic mass is 10.0. The summed E-state index contributed by atoms with van der Waals surface area (Å²) < 4.78 is 11.6. The summed E-state index contributed by atoms with van der Waals surface area (Å²) in [5.74, 6) is 1.44. The molecule has 0 aromatic heterocycles. The topological polar surface area (TPSA) is 50.8 Å². The summed E-state index contributed by atoms with van der Waals surface area (Å²) in [6.07, 6.45) is 2.45. The van der Waals surface area contributed by atoms with E-state index in [1.54, 1.807) is 0 Å². The number of hydrogen-bond acceptors (Lipinski definition) is 4. The molecule has 128 valence electrons. The zero-order valence-corrected chi connectivity index (χ0v) is 14.3. The molecule has 0 saturated carbocycles. The molecule has 1 unspecified atom stereocenters. The molecule has 0 spiro atoms. The molecule has 2 aliphatic heterocycles. The Morgan fingerprint density at radius 2 is 1.96 bits per heavy atom. The highest BCUT2D eigenvalue weighted by atomic mass is 35.5. The Morgan fingerprint density at radius 1 is 1.26 bits per heavy atom. The number of carbonyl (C=O) groups excluding carboxylic acids is 1. The van der Waals surface area contributed by atoms with E-state index in [1.807, 2.05) is 29.2 Å². The van der Waals surface area contributed by atoms with E-state index in [4.69, 9.17) is 9.47 Å². The number of carbonyl (C=O) groups is 1. The average Bonchev–Trinajstić information content (AvgIpc) is 2.59. The van der Waals surface area contributed by atoms with Gasteiger partial charge in [-0.05, 0) is 44.5 Å². The van der Waals surface area contributed by atoms with E-state index in [1.165, 1.54) is 0 Å². The Hall–Kier alpha value is -1.46. The second kappa shape index (κ2) is 8.41. The second-order valence-corrected chi connectivity index (χ2v) is 5.88. The van der Waals surface area contributed by atoms with Gasteiger partial charge in [-0.15, -0.1) is 12.4 Å². The SMILES string of the molecule is CCCN(C(=O)C1COc2ccccc2O1)C1CCNCC1.Cl. The van der Waals surface area contributed by atoms with Crippen LogP contribution in [0, 0.1) is 0 Å². The van der Waals surface area contributed by atoms with Crippen LogP contribution in [0.5, 0.6) is 11.5 Å². The predicted molar refractivity (Wildman–Crippen MR) is 91.5 cm³/mol. The van der Waals surface area contributed by atoms with E-state index in [9.17, 15) is 4.79 Å². The number of amides is 1. The third kappa shape index (κ3) is 4.09. The van der Waals surface area contributed by atoms with Crippen LogP contribution >= 0.6 is 12.4 Å². The average molecular weight is 341 g/mol. The van der Waals surface area contributed by atoms with Gasteiger partial charge in [0.15, 0.2) is 11.5 Å². The highest BCUT2D eigenvalue weighted by Gasteiger charge is 2.34. The van der Waals surface area contributed by atoms with E-state index in [-0.39, 0.29) is 18.3 Å². The second-order valence-electron chi connectivity index (χ2n) is 5.88. The summed E-state index contributed by atoms with van der Waals surface area (Å²) in [4.78, 5) is 14.9. The van der Waals surface area contributed by atoms with Crippen molar-refractivity contribution in [1.29, 1.82) is 0 Å². The fourth-order valence-electron chi connectivity index (χ4n) is 3.16. The van der Waals surface area contributed by atoms with Crippen molar-refractivity contribution in [1.82, 2.24) is 10.2 Å². The molecule has 1 aromatic carbocycles. The fraction of sp³-hybridized carbons (Fsp3) is 0.588. The van der Waals surface area contributed by atoms with E-state index >= 15 is 0 Å². The molecule has 23 heavy (non-hydrogen) atoms. The summed E-state index contributed by atoms with van der Waals surface area (Å²) in [6.45, 7) is 5.13. The third-order valence-electron chi connectivity index (χ3n) is 4.28. The summed E-state index contributed by atoms with van der Waals surface area (Å²) in [5, 5.41) is 3.35. The zero-order valence-electron chi connectivity index (χ0n) is 13.5. The quantitative estimate of drug-likeness (QED) is 0.913. The Bertz CT molecular complexity index is 520. The van der Waals surface area contributed by atoms with Crippen molar-refractivity contribution in [3.8, 4) is 11.5 Å². The molecule has 1 N–H and O–H groups in total. The van der Waals surface area contributed by atoms with Gasteiger partial charge in [0, 0.05) is 12.6 Å². The Labute approximate surface area is 143 Å². The normalized spacial score (nSPS) is 20.5. The van der Waals surface area contributed by atoms with Gasteiger partial charge in [0.05, 0.1) is 0 Å². The molecule has 0 bridgehead atoms. The molecule has 0 aliphatic carbocycles. The first-order chi connectivity index (χ1) is 10.8. The van der Waals surface area contributed by atoms with Gasteiger partial charge >= 0.3 is 0 Å². The number of nitrogens with zero attached hydrogens (tertiary/aromatic N) is 1. The van der Waals surface area contributed by atoms with Gasteiger partial charge in [0.1, 0.15) is 6.61 Å². The smallest absolute Gasteiger partial charge is 0.267 e. The number of benzene rings is 1. The first kappa shape index (κ1) is 17.9. The summed E-state index contributed by atoms with van der Waals surface area (Å²) in [7, 11) is 0. The van der Waals surface area contributed by atoms with E-state index < -0.39 is 6.10 Å². The van der Waals surface area contributed by atoms with Gasteiger partial charge in [0.25, 0.3) is 5.91 Å². The number of hydrogen-bond donors (Lipinski definition) is 1. The van der Waals surface area contributed by atoms with Crippen LogP contribution < -0.4 is 14.8 Å². The van der Waals surface area contributed by atoms with Crippen molar-refractivity contribution in [2.45, 2.75) is 38.3 Å². The van der Waals surface area contributed by atoms with Crippen molar-refractivity contribution < 1.29 is 14.3 Å². The first-order valence-corrected chi connectivity index (χ1v) is 8.19. The van der Waals surface area contributed by atoms with Crippen LogP contribution in [-0.4, -0.2) is 49.2 Å². The highest BCUT2D eigenvalue weighted by Crippen LogP contribution is 2.31. The molecule has 1 amide bonds. The van der Waals surface area contributed by atoms with Crippen molar-refractivity contribution in [3.63, 3.8) is 0 Å². The number of rotatable bonds is 4. The maximum absolute atomic E-state index is 12.9. The molecule has 3 rings (SSSR count). The monoisotopic (exact) mass is 340 g/mol. The maximum atomic E-state index is 12.9. The van der Waals surface area contributed by atoms with E-state index in [0.717, 1.165) is 44.6 Å². The molecule has 5 nitrogen and oxygen atoms in total. The van der Waals surface area contributed by atoms with Crippen LogP contribution in [-0.2, 0) is 4.79 Å². The minimum absolute atomic E-state index is 0. The Morgan fingerprint density at radius 3 is 2.65 bits per heavy atom. The molecular formula is C17H25ClN2O3. The number of nitrogens with one attached hydrogen (secondary N) is 1. The number of fused-ring (bicyclic) bond motifs is 1. The molecule has 0 radical (unpaired) electrons. The summed E-state index contributed by atoms with van der Waals surface area (Å²) >= 11 is 0. The molecule has 2 aliphatic rings. The lowest BCUT2D eigenvalue weighted by Gasteiger charge is -2.37. The predicted octanol–water partition coefficient (Wildman–Crippen LogP) is 2.24. The number of para-hydroxylation sites is 2. The van der Waals surface area contributed by atoms with Crippen LogP contribution in [0.1, 0.15) is 26.2 Å². The van der Waals surface area contributed by atoms with E-state index in [2.05, 4.69) is 12.2 Å². The standard InChI is InChI=1S/C17H24N2O3.ClH/c1-2-11-19(13-7-9-18-10-8-13)17(20)16-12-21-14-5-3-4-6-15(14)22-16;/h3-6,13,16,18H,2,7-12H2,1H3;1H. The maximum Gasteiger partial charge on any atom is 0.267 e. The van der Waals surface area contributed by atoms with Gasteiger partial charge in [-0.3, -0.25) is 4.79 Å². The van der Waals surface area contributed by atoms with Crippen LogP contribution in [0.2, 0.25) is 0 Å². The summed E-state index contributed by atoms with van der Waals surface area (Å²) in [5.41, 5.74) is 0. The van der Waals surface area contributed by atoms with Gasteiger partial charge in [-0.25, -0.2) is 0 Å². The van der Waals surface area contributed by atoms with E-state index in [0.29, 0.717) is 18.4 Å². The van der Waals surface area contributed by atoms with Gasteiger partial charge < -0.3 is 19.7 Å². The van der Waals surface area contributed by atoms with Crippen molar-refractivity contribution in [3.05, 3.63) is 24.3 Å². The molecule has 1 fully saturated rings. The summed E-state index contributed by atoms with van der Waals surface area (Å²) in [6, 6.07) is 7.83. The Kier molecular flexibility index (Phi) is 6.54. The van der Waals surface area contributed by atoms with Gasteiger partial charge in [-0.2, -0.15) is 0 Å². The number of halogens is 1. The first-order valence-electron chi connectivity index (χ1n) is 8.19. The van der Waals surface area contributed by atoms with Crippen molar-refractivity contribution in [2.75, 3.05) is 26.2 Å². The van der Waals surface area contributed by atoms with Crippen LogP contribution in [0.15, 0.2) is 24.3 Å². The molecular weight excluding hydrogens is 316 g/mol. The van der Waals surface area contributed by atoms with Crippen LogP contribution in [0.3, 0.4) is 0 Å². The fourth-order valence-corrected chi connectivity index (χ4v) is 3.16. The zero-order chi connectivity index (χ0) is 15.4.